The van der Waals surface area contributed by atoms with Crippen molar-refractivity contribution < 1.29 is 4.74 Å². The fourth-order valence-corrected chi connectivity index (χ4v) is 3.64. The molecule has 0 aromatic heterocycles. The Hall–Kier alpha value is -0.160. The molecule has 0 spiro atoms. The van der Waals surface area contributed by atoms with Crippen molar-refractivity contribution in [1.29, 1.82) is 0 Å². The van der Waals surface area contributed by atoms with E-state index in [1.165, 1.54) is 25.7 Å². The summed E-state index contributed by atoms with van der Waals surface area (Å²) in [7, 11) is 6.25. The number of methoxy groups -OCH3 is 1. The van der Waals surface area contributed by atoms with Crippen molar-refractivity contribution in [3.63, 3.8) is 0 Å². The lowest BCUT2D eigenvalue weighted by molar-refractivity contribution is 0.00470. The van der Waals surface area contributed by atoms with Gasteiger partial charge in [-0.2, -0.15) is 0 Å². The molecule has 2 saturated heterocycles. The average Bonchev–Trinajstić information content (AvgIpc) is 2.58. The maximum Gasteiger partial charge on any atom is 0.0589 e. The summed E-state index contributed by atoms with van der Waals surface area (Å²) in [5.41, 5.74) is 6.31. The van der Waals surface area contributed by atoms with Crippen LogP contribution in [0.25, 0.3) is 0 Å². The summed E-state index contributed by atoms with van der Waals surface area (Å²) in [5, 5.41) is 0. The van der Waals surface area contributed by atoms with Gasteiger partial charge < -0.3 is 15.4 Å². The summed E-state index contributed by atoms with van der Waals surface area (Å²) in [6, 6.07) is 1.48. The van der Waals surface area contributed by atoms with Gasteiger partial charge in [0.25, 0.3) is 0 Å². The van der Waals surface area contributed by atoms with Crippen LogP contribution in [0, 0.1) is 0 Å². The zero-order valence-electron chi connectivity index (χ0n) is 11.5. The summed E-state index contributed by atoms with van der Waals surface area (Å²) in [6.45, 7) is 2.55. The maximum absolute atomic E-state index is 6.11. The van der Waals surface area contributed by atoms with Crippen molar-refractivity contribution >= 4 is 0 Å². The second-order valence-electron chi connectivity index (χ2n) is 5.80. The highest BCUT2D eigenvalue weighted by Gasteiger charge is 2.47. The molecule has 4 nitrogen and oxygen atoms in total. The Morgan fingerprint density at radius 1 is 1.35 bits per heavy atom. The van der Waals surface area contributed by atoms with E-state index in [0.29, 0.717) is 0 Å². The highest BCUT2D eigenvalue weighted by atomic mass is 16.5. The van der Waals surface area contributed by atoms with Crippen LogP contribution in [0.2, 0.25) is 0 Å². The molecular formula is C13H27N3O. The predicted molar refractivity (Wildman–Crippen MR) is 70.1 cm³/mol. The third-order valence-electron chi connectivity index (χ3n) is 5.04. The van der Waals surface area contributed by atoms with E-state index in [0.717, 1.165) is 31.8 Å². The molecule has 2 atom stereocenters. The molecule has 100 valence electrons. The van der Waals surface area contributed by atoms with E-state index in [-0.39, 0.29) is 5.54 Å². The number of fused-ring (bicyclic) bond motifs is 2. The zero-order valence-corrected chi connectivity index (χ0v) is 11.5. The first-order valence-electron chi connectivity index (χ1n) is 6.75. The number of hydrogen-bond acceptors (Lipinski definition) is 4. The van der Waals surface area contributed by atoms with Gasteiger partial charge >= 0.3 is 0 Å². The molecule has 2 N–H and O–H groups in total. The Balaban J connectivity index is 2.05. The summed E-state index contributed by atoms with van der Waals surface area (Å²) < 4.78 is 5.19. The standard InChI is InChI=1S/C13H27N3O/c1-15(6-7-17-3)13(10-14)8-11-4-5-12(9-13)16(11)2/h11-12H,4-10,14H2,1-3H3. The van der Waals surface area contributed by atoms with Gasteiger partial charge in [-0.3, -0.25) is 4.90 Å². The van der Waals surface area contributed by atoms with Crippen LogP contribution in [0.4, 0.5) is 0 Å². The number of piperidine rings is 1. The van der Waals surface area contributed by atoms with Crippen molar-refractivity contribution in [1.82, 2.24) is 9.80 Å². The number of likely N-dealkylation sites (N-methyl/N-ethyl adjacent to an activating group) is 1. The molecule has 0 amide bonds. The van der Waals surface area contributed by atoms with Crippen LogP contribution in [-0.4, -0.2) is 68.3 Å². The Kier molecular flexibility index (Phi) is 4.08. The fraction of sp³-hybridized carbons (Fsp3) is 1.00. The topological polar surface area (TPSA) is 41.7 Å². The smallest absolute Gasteiger partial charge is 0.0589 e. The normalized spacial score (nSPS) is 37.9. The monoisotopic (exact) mass is 241 g/mol. The van der Waals surface area contributed by atoms with Gasteiger partial charge in [-0.1, -0.05) is 0 Å². The third kappa shape index (κ3) is 2.36. The van der Waals surface area contributed by atoms with Gasteiger partial charge in [-0.05, 0) is 39.8 Å². The molecule has 0 aromatic carbocycles. The molecule has 2 rings (SSSR count). The fourth-order valence-electron chi connectivity index (χ4n) is 3.64. The molecule has 17 heavy (non-hydrogen) atoms. The third-order valence-corrected chi connectivity index (χ3v) is 5.04. The molecule has 2 fully saturated rings. The van der Waals surface area contributed by atoms with Gasteiger partial charge in [0.2, 0.25) is 0 Å². The van der Waals surface area contributed by atoms with Gasteiger partial charge in [0.1, 0.15) is 0 Å². The molecule has 2 heterocycles. The summed E-state index contributed by atoms with van der Waals surface area (Å²) in [5.74, 6) is 0. The molecule has 2 bridgehead atoms. The van der Waals surface area contributed by atoms with E-state index in [1.54, 1.807) is 7.11 Å². The van der Waals surface area contributed by atoms with Crippen molar-refractivity contribution in [2.24, 2.45) is 5.73 Å². The van der Waals surface area contributed by atoms with E-state index in [9.17, 15) is 0 Å². The first kappa shape index (κ1) is 13.3. The molecule has 4 heteroatoms. The first-order valence-corrected chi connectivity index (χ1v) is 6.75. The van der Waals surface area contributed by atoms with Gasteiger partial charge in [-0.25, -0.2) is 0 Å². The molecular weight excluding hydrogens is 214 g/mol. The maximum atomic E-state index is 6.11. The second-order valence-corrected chi connectivity index (χ2v) is 5.80. The van der Waals surface area contributed by atoms with Crippen LogP contribution in [-0.2, 0) is 4.74 Å². The quantitative estimate of drug-likeness (QED) is 0.762. The van der Waals surface area contributed by atoms with Crippen molar-refractivity contribution in [2.45, 2.75) is 43.3 Å². The van der Waals surface area contributed by atoms with E-state index in [4.69, 9.17) is 10.5 Å². The summed E-state index contributed by atoms with van der Waals surface area (Å²) in [6.07, 6.45) is 5.13. The predicted octanol–water partition coefficient (Wildman–Crippen LogP) is 0.519. The minimum atomic E-state index is 0.205. The molecule has 0 radical (unpaired) electrons. The Morgan fingerprint density at radius 2 is 1.94 bits per heavy atom. The van der Waals surface area contributed by atoms with Crippen LogP contribution >= 0.6 is 0 Å². The van der Waals surface area contributed by atoms with E-state index in [2.05, 4.69) is 23.9 Å². The van der Waals surface area contributed by atoms with E-state index >= 15 is 0 Å². The molecule has 2 unspecified atom stereocenters. The minimum absolute atomic E-state index is 0.205. The van der Waals surface area contributed by atoms with Crippen LogP contribution in [0.1, 0.15) is 25.7 Å². The van der Waals surface area contributed by atoms with Crippen molar-refractivity contribution in [3.05, 3.63) is 0 Å². The minimum Gasteiger partial charge on any atom is -0.383 e. The SMILES string of the molecule is COCCN(C)C1(CN)CC2CCC(C1)N2C. The van der Waals surface area contributed by atoms with Crippen LogP contribution < -0.4 is 5.73 Å². The van der Waals surface area contributed by atoms with E-state index < -0.39 is 0 Å². The Labute approximate surface area is 105 Å². The molecule has 2 aliphatic rings. The van der Waals surface area contributed by atoms with E-state index in [1.807, 2.05) is 0 Å². The average molecular weight is 241 g/mol. The number of ether oxygens (including phenoxy) is 1. The highest BCUT2D eigenvalue weighted by Crippen LogP contribution is 2.41. The lowest BCUT2D eigenvalue weighted by Crippen LogP contribution is -2.61. The first-order chi connectivity index (χ1) is 8.13. The zero-order chi connectivity index (χ0) is 12.5. The van der Waals surface area contributed by atoms with Crippen LogP contribution in [0.15, 0.2) is 0 Å². The van der Waals surface area contributed by atoms with Crippen LogP contribution in [0.3, 0.4) is 0 Å². The summed E-state index contributed by atoms with van der Waals surface area (Å²) >= 11 is 0. The van der Waals surface area contributed by atoms with Crippen LogP contribution in [0.5, 0.6) is 0 Å². The van der Waals surface area contributed by atoms with Crippen molar-refractivity contribution in [2.75, 3.05) is 40.9 Å². The van der Waals surface area contributed by atoms with Gasteiger partial charge in [-0.15, -0.1) is 0 Å². The van der Waals surface area contributed by atoms with Gasteiger partial charge in [0, 0.05) is 37.8 Å². The van der Waals surface area contributed by atoms with Gasteiger partial charge in [0.15, 0.2) is 0 Å². The molecule has 0 saturated carbocycles. The number of nitrogens with zero attached hydrogens (tertiary/aromatic N) is 2. The second kappa shape index (κ2) is 5.22. The van der Waals surface area contributed by atoms with Gasteiger partial charge in [0.05, 0.1) is 6.61 Å². The Bertz CT molecular complexity index is 245. The molecule has 2 aliphatic heterocycles. The number of nitrogens with two attached hydrogens (primary N) is 1. The highest BCUT2D eigenvalue weighted by molar-refractivity contribution is 5.05. The lowest BCUT2D eigenvalue weighted by Gasteiger charge is -2.49. The number of rotatable bonds is 5. The number of hydrogen-bond donors (Lipinski definition) is 1. The Morgan fingerprint density at radius 3 is 2.41 bits per heavy atom. The molecule has 0 aliphatic carbocycles. The summed E-state index contributed by atoms with van der Waals surface area (Å²) in [4.78, 5) is 5.01. The van der Waals surface area contributed by atoms with Crippen molar-refractivity contribution in [3.8, 4) is 0 Å². The lowest BCUT2D eigenvalue weighted by atomic mass is 9.81. The molecule has 0 aromatic rings. The largest absolute Gasteiger partial charge is 0.383 e.